The Bertz CT molecular complexity index is 1070. The molecule has 0 saturated carbocycles. The van der Waals surface area contributed by atoms with Crippen LogP contribution in [0.5, 0.6) is 0 Å². The first-order valence-corrected chi connectivity index (χ1v) is 10.6. The van der Waals surface area contributed by atoms with Crippen molar-refractivity contribution in [3.05, 3.63) is 56.0 Å². The molecule has 0 aliphatic carbocycles. The molecule has 29 heavy (non-hydrogen) atoms. The molecular weight excluding hydrogens is 390 g/mol. The smallest absolute Gasteiger partial charge is 0.332 e. The number of nitrogens with one attached hydrogen (secondary N) is 2. The third-order valence-corrected chi connectivity index (χ3v) is 5.34. The van der Waals surface area contributed by atoms with E-state index in [0.29, 0.717) is 24.3 Å². The van der Waals surface area contributed by atoms with Crippen LogP contribution in [0.3, 0.4) is 0 Å². The van der Waals surface area contributed by atoms with Gasteiger partial charge >= 0.3 is 5.69 Å². The summed E-state index contributed by atoms with van der Waals surface area (Å²) >= 11 is 5.97. The number of halogens is 1. The second kappa shape index (κ2) is 9.78. The van der Waals surface area contributed by atoms with Gasteiger partial charge in [-0.2, -0.15) is 4.98 Å². The number of hydrogen-bond donors (Lipinski definition) is 2. The Hall–Kier alpha value is -2.54. The molecule has 8 heteroatoms. The molecule has 0 amide bonds. The maximum absolute atomic E-state index is 13.0. The molecule has 2 aromatic heterocycles. The number of H-pyrrole nitrogens is 1. The summed E-state index contributed by atoms with van der Waals surface area (Å²) in [5, 5.41) is 3.23. The van der Waals surface area contributed by atoms with Gasteiger partial charge in [0.05, 0.1) is 0 Å². The lowest BCUT2D eigenvalue weighted by Gasteiger charge is -2.11. The summed E-state index contributed by atoms with van der Waals surface area (Å²) in [5.74, 6) is 0. The van der Waals surface area contributed by atoms with E-state index in [1.54, 1.807) is 4.57 Å². The number of hydrogen-bond acceptors (Lipinski definition) is 4. The zero-order chi connectivity index (χ0) is 20.8. The number of aromatic amines is 1. The van der Waals surface area contributed by atoms with Crippen molar-refractivity contribution >= 4 is 28.5 Å². The van der Waals surface area contributed by atoms with E-state index >= 15 is 0 Å². The van der Waals surface area contributed by atoms with Crippen LogP contribution in [-0.4, -0.2) is 26.1 Å². The van der Waals surface area contributed by atoms with Crippen molar-refractivity contribution in [2.45, 2.75) is 58.5 Å². The highest BCUT2D eigenvalue weighted by Crippen LogP contribution is 2.13. The minimum absolute atomic E-state index is 0.128. The van der Waals surface area contributed by atoms with Gasteiger partial charge in [-0.05, 0) is 55.0 Å². The van der Waals surface area contributed by atoms with Crippen molar-refractivity contribution in [2.75, 3.05) is 12.4 Å². The van der Waals surface area contributed by atoms with E-state index in [0.717, 1.165) is 44.2 Å². The second-order valence-electron chi connectivity index (χ2n) is 7.23. The van der Waals surface area contributed by atoms with Gasteiger partial charge in [-0.1, -0.05) is 31.9 Å². The fraction of sp³-hybridized carbons (Fsp3) is 0.476. The standard InChI is InChI=1S/C21H28ClN5O2/c1-3-4-6-13-26-18-17(24-20(22)25-18)19(28)27(21(26)29)14-7-5-8-15-9-11-16(23-2)12-10-15/h9-12,23H,3-8,13-14H2,1-2H3,(H,24,25). The van der Waals surface area contributed by atoms with Crippen LogP contribution < -0.4 is 16.6 Å². The Morgan fingerprint density at radius 1 is 1.03 bits per heavy atom. The molecule has 0 atom stereocenters. The Morgan fingerprint density at radius 2 is 1.72 bits per heavy atom. The summed E-state index contributed by atoms with van der Waals surface area (Å²) in [4.78, 5) is 32.7. The van der Waals surface area contributed by atoms with Crippen LogP contribution in [0, 0.1) is 0 Å². The topological polar surface area (TPSA) is 84.7 Å². The molecule has 3 aromatic rings. The van der Waals surface area contributed by atoms with Gasteiger partial charge < -0.3 is 10.3 Å². The number of aryl methyl sites for hydroxylation is 2. The Balaban J connectivity index is 1.75. The highest BCUT2D eigenvalue weighted by molar-refractivity contribution is 6.28. The number of imidazole rings is 1. The predicted octanol–water partition coefficient (Wildman–Crippen LogP) is 3.79. The zero-order valence-electron chi connectivity index (χ0n) is 17.0. The summed E-state index contributed by atoms with van der Waals surface area (Å²) < 4.78 is 2.89. The summed E-state index contributed by atoms with van der Waals surface area (Å²) in [6.07, 6.45) is 5.46. The minimum atomic E-state index is -0.352. The summed E-state index contributed by atoms with van der Waals surface area (Å²) in [7, 11) is 1.89. The summed E-state index contributed by atoms with van der Waals surface area (Å²) in [5.41, 5.74) is 2.31. The Labute approximate surface area is 174 Å². The number of fused-ring (bicyclic) bond motifs is 1. The van der Waals surface area contributed by atoms with E-state index in [9.17, 15) is 9.59 Å². The number of nitrogens with zero attached hydrogens (tertiary/aromatic N) is 3. The molecule has 0 bridgehead atoms. The van der Waals surface area contributed by atoms with E-state index in [2.05, 4.69) is 34.3 Å². The minimum Gasteiger partial charge on any atom is -0.388 e. The van der Waals surface area contributed by atoms with Crippen molar-refractivity contribution in [1.29, 1.82) is 0 Å². The molecule has 7 nitrogen and oxygen atoms in total. The number of benzene rings is 1. The third kappa shape index (κ3) is 4.90. The van der Waals surface area contributed by atoms with Gasteiger partial charge in [-0.3, -0.25) is 13.9 Å². The first kappa shape index (κ1) is 21.2. The predicted molar refractivity (Wildman–Crippen MR) is 118 cm³/mol. The Morgan fingerprint density at radius 3 is 2.41 bits per heavy atom. The van der Waals surface area contributed by atoms with Crippen molar-refractivity contribution in [3.8, 4) is 0 Å². The average molecular weight is 418 g/mol. The Kier molecular flexibility index (Phi) is 7.14. The third-order valence-electron chi connectivity index (χ3n) is 5.16. The summed E-state index contributed by atoms with van der Waals surface area (Å²) in [6, 6.07) is 8.28. The fourth-order valence-electron chi connectivity index (χ4n) is 3.49. The van der Waals surface area contributed by atoms with Crippen LogP contribution in [0.25, 0.3) is 11.2 Å². The van der Waals surface area contributed by atoms with Crippen LogP contribution in [-0.2, 0) is 19.5 Å². The molecule has 0 aliphatic rings. The largest absolute Gasteiger partial charge is 0.388 e. The molecule has 156 valence electrons. The highest BCUT2D eigenvalue weighted by Gasteiger charge is 2.16. The maximum Gasteiger partial charge on any atom is 0.332 e. The summed E-state index contributed by atoms with van der Waals surface area (Å²) in [6.45, 7) is 3.02. The molecular formula is C21H28ClN5O2. The van der Waals surface area contributed by atoms with E-state index in [1.807, 2.05) is 19.2 Å². The zero-order valence-corrected chi connectivity index (χ0v) is 17.8. The van der Waals surface area contributed by atoms with Crippen molar-refractivity contribution in [2.24, 2.45) is 0 Å². The molecule has 0 radical (unpaired) electrons. The number of anilines is 1. The van der Waals surface area contributed by atoms with Gasteiger partial charge in [0.15, 0.2) is 11.2 Å². The molecule has 0 unspecified atom stereocenters. The molecule has 2 heterocycles. The second-order valence-corrected chi connectivity index (χ2v) is 7.59. The van der Waals surface area contributed by atoms with Gasteiger partial charge in [0.2, 0.25) is 5.28 Å². The molecule has 0 spiro atoms. The van der Waals surface area contributed by atoms with Gasteiger partial charge in [0.1, 0.15) is 0 Å². The fourth-order valence-corrected chi connectivity index (χ4v) is 3.67. The van der Waals surface area contributed by atoms with Gasteiger partial charge in [0.25, 0.3) is 5.56 Å². The maximum atomic E-state index is 13.0. The SMILES string of the molecule is CCCCCn1c(=O)n(CCCCc2ccc(NC)cc2)c(=O)c2[nH]c(Cl)nc21. The highest BCUT2D eigenvalue weighted by atomic mass is 35.5. The average Bonchev–Trinajstić information content (AvgIpc) is 3.12. The van der Waals surface area contributed by atoms with E-state index < -0.39 is 0 Å². The molecule has 2 N–H and O–H groups in total. The van der Waals surface area contributed by atoms with E-state index in [4.69, 9.17) is 11.6 Å². The first-order valence-electron chi connectivity index (χ1n) is 10.2. The van der Waals surface area contributed by atoms with Gasteiger partial charge in [-0.15, -0.1) is 0 Å². The van der Waals surface area contributed by atoms with Crippen molar-refractivity contribution in [3.63, 3.8) is 0 Å². The van der Waals surface area contributed by atoms with E-state index in [1.165, 1.54) is 10.1 Å². The number of rotatable bonds is 10. The molecule has 1 aromatic carbocycles. The molecule has 0 aliphatic heterocycles. The van der Waals surface area contributed by atoms with Crippen LogP contribution in [0.4, 0.5) is 5.69 Å². The molecule has 0 saturated heterocycles. The van der Waals surface area contributed by atoms with Crippen LogP contribution in [0.2, 0.25) is 5.28 Å². The van der Waals surface area contributed by atoms with Crippen LogP contribution in [0.15, 0.2) is 33.9 Å². The van der Waals surface area contributed by atoms with Gasteiger partial charge in [-0.25, -0.2) is 4.79 Å². The number of unbranched alkanes of at least 4 members (excludes halogenated alkanes) is 3. The molecule has 0 fully saturated rings. The normalized spacial score (nSPS) is 11.3. The lowest BCUT2D eigenvalue weighted by atomic mass is 10.1. The number of aromatic nitrogens is 4. The molecule has 3 rings (SSSR count). The monoisotopic (exact) mass is 417 g/mol. The quantitative estimate of drug-likeness (QED) is 0.388. The van der Waals surface area contributed by atoms with Crippen LogP contribution in [0.1, 0.15) is 44.6 Å². The van der Waals surface area contributed by atoms with E-state index in [-0.39, 0.29) is 16.5 Å². The first-order chi connectivity index (χ1) is 14.0. The van der Waals surface area contributed by atoms with Gasteiger partial charge in [0, 0.05) is 25.8 Å². The van der Waals surface area contributed by atoms with Crippen molar-refractivity contribution < 1.29 is 0 Å². The van der Waals surface area contributed by atoms with Crippen LogP contribution >= 0.6 is 11.6 Å². The lowest BCUT2D eigenvalue weighted by Crippen LogP contribution is -2.40. The van der Waals surface area contributed by atoms with Crippen molar-refractivity contribution in [1.82, 2.24) is 19.1 Å². The lowest BCUT2D eigenvalue weighted by molar-refractivity contribution is 0.518.